The number of ketones is 1. The van der Waals surface area contributed by atoms with E-state index in [4.69, 9.17) is 0 Å². The lowest BCUT2D eigenvalue weighted by Crippen LogP contribution is -2.34. The van der Waals surface area contributed by atoms with E-state index in [2.05, 4.69) is 67.7 Å². The zero-order valence-corrected chi connectivity index (χ0v) is 31.2. The molecule has 1 aromatic rings. The van der Waals surface area contributed by atoms with Gasteiger partial charge in [0.05, 0.1) is 24.0 Å². The summed E-state index contributed by atoms with van der Waals surface area (Å²) in [4.78, 5) is 16.6. The summed E-state index contributed by atoms with van der Waals surface area (Å²) in [7, 11) is 0. The smallest absolute Gasteiger partial charge is 0.142 e. The van der Waals surface area contributed by atoms with Gasteiger partial charge in [0.2, 0.25) is 0 Å². The molecule has 4 rings (SSSR count). The van der Waals surface area contributed by atoms with Crippen molar-refractivity contribution in [1.82, 2.24) is 16.0 Å². The lowest BCUT2D eigenvalue weighted by atomic mass is 9.78. The number of Topliss-reactive ketones (excluding diaryl/α,β-unsaturated/α-hetero) is 1. The summed E-state index contributed by atoms with van der Waals surface area (Å²) in [5, 5.41) is 9.54. The number of dihydropyridines is 2. The zero-order chi connectivity index (χ0) is 34.9. The fourth-order valence-electron chi connectivity index (χ4n) is 5.10. The van der Waals surface area contributed by atoms with Gasteiger partial charge in [-0.05, 0) is 107 Å². The molecule has 1 fully saturated rings. The number of nitrogens with zero attached hydrogens (tertiary/aromatic N) is 1. The molecule has 0 amide bonds. The number of nitrogens with one attached hydrogen (secondary N) is 3. The second kappa shape index (κ2) is 20.8. The Morgan fingerprint density at radius 2 is 1.62 bits per heavy atom. The molecule has 6 heteroatoms. The molecule has 0 radical (unpaired) electrons. The van der Waals surface area contributed by atoms with Gasteiger partial charge in [-0.3, -0.25) is 9.79 Å². The van der Waals surface area contributed by atoms with Gasteiger partial charge >= 0.3 is 0 Å². The van der Waals surface area contributed by atoms with Gasteiger partial charge in [0.25, 0.3) is 0 Å². The third-order valence-corrected chi connectivity index (χ3v) is 7.60. The van der Waals surface area contributed by atoms with Crippen LogP contribution in [0.1, 0.15) is 133 Å². The average Bonchev–Trinajstić information content (AvgIpc) is 2.97. The molecule has 0 bridgehead atoms. The number of aryl methyl sites for hydroxylation is 1. The lowest BCUT2D eigenvalue weighted by molar-refractivity contribution is -0.121. The standard InChI is InChI=1S/C25H31FN4O.C6H12.C4H10.2C2H6/c1-7-28-22-13-23(18-8-9-19(15(2)12-18)25(5,6)17(4)31)30-24(16(22)3)29-21-10-11-27-14-20(21)26;1-5-3-6(2)4-5;1-4(2)3;2*1-2/h7-13,23,27,29-30H,14H2,1-6H3;5-6H,3-4H2,1-2H3;4H,1-3H3;2*1-2H3. The van der Waals surface area contributed by atoms with Gasteiger partial charge in [-0.15, -0.1) is 0 Å². The monoisotopic (exact) mass is 625 g/mol. The fraction of sp³-hybridized carbons (Fsp3) is 0.590. The molecule has 1 aliphatic carbocycles. The van der Waals surface area contributed by atoms with E-state index in [1.807, 2.05) is 74.4 Å². The molecule has 254 valence electrons. The van der Waals surface area contributed by atoms with E-state index in [1.165, 1.54) is 12.8 Å². The summed E-state index contributed by atoms with van der Waals surface area (Å²) in [6, 6.07) is 6.02. The van der Waals surface area contributed by atoms with Crippen LogP contribution in [0.3, 0.4) is 0 Å². The number of carbonyl (C=O) groups is 1. The predicted octanol–water partition coefficient (Wildman–Crippen LogP) is 10.4. The number of halogens is 1. The van der Waals surface area contributed by atoms with Crippen molar-refractivity contribution >= 4 is 12.0 Å². The Morgan fingerprint density at radius 3 is 2.04 bits per heavy atom. The first kappa shape index (κ1) is 41.9. The highest BCUT2D eigenvalue weighted by Crippen LogP contribution is 2.33. The molecule has 1 atom stereocenters. The van der Waals surface area contributed by atoms with Crippen LogP contribution in [0.5, 0.6) is 0 Å². The number of carbonyl (C=O) groups excluding carboxylic acids is 1. The Hall–Kier alpha value is -3.15. The maximum atomic E-state index is 14.3. The van der Waals surface area contributed by atoms with E-state index in [0.29, 0.717) is 5.70 Å². The zero-order valence-electron chi connectivity index (χ0n) is 31.2. The minimum absolute atomic E-state index is 0.133. The number of rotatable bonds is 6. The van der Waals surface area contributed by atoms with Crippen LogP contribution < -0.4 is 16.0 Å². The van der Waals surface area contributed by atoms with Crippen LogP contribution in [0.4, 0.5) is 4.39 Å². The molecule has 2 aliphatic heterocycles. The normalized spacial score (nSPS) is 20.4. The van der Waals surface area contributed by atoms with E-state index in [9.17, 15) is 9.18 Å². The summed E-state index contributed by atoms with van der Waals surface area (Å²) < 4.78 is 14.3. The Morgan fingerprint density at radius 1 is 1.07 bits per heavy atom. The van der Waals surface area contributed by atoms with Crippen molar-refractivity contribution in [3.8, 4) is 0 Å². The third kappa shape index (κ3) is 13.4. The summed E-state index contributed by atoms with van der Waals surface area (Å²) in [5.41, 5.74) is 4.76. The molecular formula is C39H65FN4O. The van der Waals surface area contributed by atoms with Crippen molar-refractivity contribution in [3.05, 3.63) is 81.9 Å². The Labute approximate surface area is 276 Å². The van der Waals surface area contributed by atoms with Crippen molar-refractivity contribution in [3.63, 3.8) is 0 Å². The maximum Gasteiger partial charge on any atom is 0.142 e. The van der Waals surface area contributed by atoms with Crippen molar-refractivity contribution in [2.24, 2.45) is 22.7 Å². The number of benzene rings is 1. The molecule has 1 aromatic carbocycles. The highest BCUT2D eigenvalue weighted by atomic mass is 19.1. The molecule has 0 aromatic heterocycles. The minimum Gasteiger partial charge on any atom is -0.384 e. The summed E-state index contributed by atoms with van der Waals surface area (Å²) in [6.07, 6.45) is 10.2. The van der Waals surface area contributed by atoms with Crippen LogP contribution in [0.2, 0.25) is 0 Å². The van der Waals surface area contributed by atoms with Crippen LogP contribution >= 0.6 is 0 Å². The van der Waals surface area contributed by atoms with Gasteiger partial charge < -0.3 is 16.0 Å². The maximum absolute atomic E-state index is 14.3. The van der Waals surface area contributed by atoms with Crippen molar-refractivity contribution in [2.45, 2.75) is 128 Å². The van der Waals surface area contributed by atoms with Crippen molar-refractivity contribution in [1.29, 1.82) is 0 Å². The van der Waals surface area contributed by atoms with E-state index in [0.717, 1.165) is 51.5 Å². The van der Waals surface area contributed by atoms with Crippen LogP contribution in [0.25, 0.3) is 0 Å². The third-order valence-electron chi connectivity index (χ3n) is 7.60. The number of allylic oxidation sites excluding steroid dienone is 2. The van der Waals surface area contributed by atoms with Gasteiger partial charge in [0, 0.05) is 17.2 Å². The van der Waals surface area contributed by atoms with Gasteiger partial charge in [0.15, 0.2) is 0 Å². The van der Waals surface area contributed by atoms with E-state index < -0.39 is 5.41 Å². The SMILES string of the molecule is CC.CC.CC(C)C.CC1CC(C)C1.CC=NC1=CC(c2ccc(C(C)(C)C(C)=O)c(C)c2)NC(NC2=C(F)CNC=C2)=C1C. The average molecular weight is 625 g/mol. The van der Waals surface area contributed by atoms with Crippen molar-refractivity contribution in [2.75, 3.05) is 6.54 Å². The number of hydrogen-bond donors (Lipinski definition) is 3. The molecule has 0 spiro atoms. The molecule has 2 heterocycles. The number of hydrogen-bond acceptors (Lipinski definition) is 5. The topological polar surface area (TPSA) is 65.5 Å². The molecule has 3 N–H and O–H groups in total. The molecule has 0 saturated heterocycles. The predicted molar refractivity (Wildman–Crippen MR) is 195 cm³/mol. The molecule has 45 heavy (non-hydrogen) atoms. The van der Waals surface area contributed by atoms with E-state index in [-0.39, 0.29) is 24.2 Å². The van der Waals surface area contributed by atoms with Gasteiger partial charge in [0.1, 0.15) is 17.4 Å². The molecule has 5 nitrogen and oxygen atoms in total. The molecule has 1 saturated carbocycles. The second-order valence-corrected chi connectivity index (χ2v) is 12.9. The van der Waals surface area contributed by atoms with Gasteiger partial charge in [-0.1, -0.05) is 80.5 Å². The first-order valence-electron chi connectivity index (χ1n) is 17.0. The largest absolute Gasteiger partial charge is 0.384 e. The molecule has 3 aliphatic rings. The highest BCUT2D eigenvalue weighted by molar-refractivity contribution is 5.87. The Kier molecular flexibility index (Phi) is 19.3. The quantitative estimate of drug-likeness (QED) is 0.276. The van der Waals surface area contributed by atoms with E-state index in [1.54, 1.807) is 25.4 Å². The summed E-state index contributed by atoms with van der Waals surface area (Å²) >= 11 is 0. The second-order valence-electron chi connectivity index (χ2n) is 12.9. The van der Waals surface area contributed by atoms with Gasteiger partial charge in [-0.25, -0.2) is 4.39 Å². The van der Waals surface area contributed by atoms with Crippen LogP contribution in [0.15, 0.2) is 70.2 Å². The summed E-state index contributed by atoms with van der Waals surface area (Å²) in [6.45, 7) is 30.7. The highest BCUT2D eigenvalue weighted by Gasteiger charge is 2.29. The van der Waals surface area contributed by atoms with Crippen LogP contribution in [0, 0.1) is 24.7 Å². The molecular weight excluding hydrogens is 559 g/mol. The fourth-order valence-corrected chi connectivity index (χ4v) is 5.10. The van der Waals surface area contributed by atoms with E-state index >= 15 is 0 Å². The van der Waals surface area contributed by atoms with Crippen molar-refractivity contribution < 1.29 is 9.18 Å². The van der Waals surface area contributed by atoms with Gasteiger partial charge in [-0.2, -0.15) is 0 Å². The lowest BCUT2D eigenvalue weighted by Gasteiger charge is -2.30. The summed E-state index contributed by atoms with van der Waals surface area (Å²) in [5.74, 6) is 3.52. The Bertz CT molecular complexity index is 1200. The van der Waals surface area contributed by atoms with Crippen LogP contribution in [-0.2, 0) is 10.2 Å². The minimum atomic E-state index is -0.537. The molecule has 1 unspecified atom stereocenters. The van der Waals surface area contributed by atoms with Crippen LogP contribution in [-0.4, -0.2) is 18.5 Å². The first-order valence-corrected chi connectivity index (χ1v) is 17.0. The Balaban J connectivity index is 0.00000116. The number of aliphatic imine (C=N–C) groups is 1. The first-order chi connectivity index (χ1) is 21.2.